The molecule has 0 saturated heterocycles. The molecule has 0 aliphatic heterocycles. The summed E-state index contributed by atoms with van der Waals surface area (Å²) in [5.41, 5.74) is 0.624. The number of furan rings is 1. The Hall–Kier alpha value is -1.61. The van der Waals surface area contributed by atoms with Crippen LogP contribution in [0.1, 0.15) is 36.6 Å². The number of pyridine rings is 1. The predicted octanol–water partition coefficient (Wildman–Crippen LogP) is 2.87. The summed E-state index contributed by atoms with van der Waals surface area (Å²) < 4.78 is 5.52. The van der Waals surface area contributed by atoms with Gasteiger partial charge in [-0.05, 0) is 45.9 Å². The van der Waals surface area contributed by atoms with E-state index in [-0.39, 0.29) is 24.0 Å². The molecule has 0 aromatic carbocycles. The number of aliphatic hydroxyl groups is 1. The first-order valence-electron chi connectivity index (χ1n) is 8.14. The van der Waals surface area contributed by atoms with Crippen LogP contribution in [0.25, 0.3) is 0 Å². The smallest absolute Gasteiger partial charge is 0.191 e. The van der Waals surface area contributed by atoms with Gasteiger partial charge in [0, 0.05) is 18.3 Å². The molecule has 0 spiro atoms. The monoisotopic (exact) mass is 458 g/mol. The molecule has 2 aromatic rings. The van der Waals surface area contributed by atoms with Crippen molar-refractivity contribution in [2.24, 2.45) is 4.99 Å². The minimum atomic E-state index is -1.05. The van der Waals surface area contributed by atoms with Crippen LogP contribution in [0.3, 0.4) is 0 Å². The van der Waals surface area contributed by atoms with Gasteiger partial charge < -0.3 is 20.2 Å². The van der Waals surface area contributed by atoms with E-state index in [2.05, 4.69) is 20.6 Å². The summed E-state index contributed by atoms with van der Waals surface area (Å²) in [4.78, 5) is 8.76. The van der Waals surface area contributed by atoms with Crippen LogP contribution in [0.4, 0.5) is 0 Å². The van der Waals surface area contributed by atoms with Crippen LogP contribution < -0.4 is 10.6 Å². The number of nitrogens with one attached hydrogen (secondary N) is 2. The van der Waals surface area contributed by atoms with Crippen molar-refractivity contribution in [2.75, 3.05) is 13.1 Å². The molecule has 3 N–H and O–H groups in total. The van der Waals surface area contributed by atoms with Crippen molar-refractivity contribution in [3.63, 3.8) is 0 Å². The van der Waals surface area contributed by atoms with Gasteiger partial charge in [0.25, 0.3) is 0 Å². The minimum Gasteiger partial charge on any atom is -0.466 e. The fourth-order valence-corrected chi connectivity index (χ4v) is 2.51. The molecule has 0 aliphatic carbocycles. The molecular weight excluding hydrogens is 431 g/mol. The Labute approximate surface area is 166 Å². The lowest BCUT2D eigenvalue weighted by Gasteiger charge is -2.24. The third-order valence-electron chi connectivity index (χ3n) is 3.69. The van der Waals surface area contributed by atoms with Crippen molar-refractivity contribution in [3.05, 3.63) is 53.2 Å². The van der Waals surface area contributed by atoms with Gasteiger partial charge in [0.1, 0.15) is 17.1 Å². The van der Waals surface area contributed by atoms with E-state index in [1.165, 1.54) is 0 Å². The highest BCUT2D eigenvalue weighted by molar-refractivity contribution is 14.0. The highest BCUT2D eigenvalue weighted by atomic mass is 127. The molecule has 0 saturated carbocycles. The molecule has 0 aliphatic rings. The quantitative estimate of drug-likeness (QED) is 0.353. The highest BCUT2D eigenvalue weighted by Crippen LogP contribution is 2.26. The zero-order valence-corrected chi connectivity index (χ0v) is 17.5. The van der Waals surface area contributed by atoms with Crippen molar-refractivity contribution in [1.29, 1.82) is 0 Å². The summed E-state index contributed by atoms with van der Waals surface area (Å²) in [6.07, 6.45) is 1.75. The minimum absolute atomic E-state index is 0. The van der Waals surface area contributed by atoms with E-state index >= 15 is 0 Å². The van der Waals surface area contributed by atoms with Crippen LogP contribution in [-0.4, -0.2) is 29.1 Å². The molecule has 0 radical (unpaired) electrons. The topological polar surface area (TPSA) is 82.7 Å². The number of halogens is 1. The van der Waals surface area contributed by atoms with Crippen LogP contribution in [-0.2, 0) is 12.1 Å². The summed E-state index contributed by atoms with van der Waals surface area (Å²) in [5.74, 6) is 2.16. The predicted molar refractivity (Wildman–Crippen MR) is 110 cm³/mol. The molecule has 0 bridgehead atoms. The number of aliphatic imine (C=N–C) groups is 1. The number of rotatable bonds is 6. The van der Waals surface area contributed by atoms with E-state index in [0.717, 1.165) is 29.3 Å². The maximum Gasteiger partial charge on any atom is 0.191 e. The molecule has 1 unspecified atom stereocenters. The fourth-order valence-electron chi connectivity index (χ4n) is 2.51. The molecule has 7 heteroatoms. The summed E-state index contributed by atoms with van der Waals surface area (Å²) >= 11 is 0. The molecule has 1 atom stereocenters. The molecule has 0 amide bonds. The first-order valence-corrected chi connectivity index (χ1v) is 8.14. The maximum absolute atomic E-state index is 10.8. The van der Waals surface area contributed by atoms with Crippen LogP contribution in [0, 0.1) is 13.8 Å². The van der Waals surface area contributed by atoms with Crippen molar-refractivity contribution < 1.29 is 9.52 Å². The largest absolute Gasteiger partial charge is 0.466 e. The van der Waals surface area contributed by atoms with Crippen LogP contribution >= 0.6 is 24.0 Å². The van der Waals surface area contributed by atoms with Gasteiger partial charge in [0.05, 0.1) is 18.8 Å². The molecule has 2 aromatic heterocycles. The number of guanidine groups is 1. The van der Waals surface area contributed by atoms with Gasteiger partial charge >= 0.3 is 0 Å². The van der Waals surface area contributed by atoms with Gasteiger partial charge in [0.15, 0.2) is 5.96 Å². The van der Waals surface area contributed by atoms with Crippen LogP contribution in [0.2, 0.25) is 0 Å². The molecule has 2 rings (SSSR count). The lowest BCUT2D eigenvalue weighted by Crippen LogP contribution is -2.44. The van der Waals surface area contributed by atoms with E-state index < -0.39 is 5.60 Å². The summed E-state index contributed by atoms with van der Waals surface area (Å²) in [6.45, 7) is 9.03. The van der Waals surface area contributed by atoms with Crippen molar-refractivity contribution in [3.8, 4) is 0 Å². The average molecular weight is 458 g/mol. The third kappa shape index (κ3) is 6.32. The SMILES string of the molecule is CCNC(=NCc1ccccn1)NCC(C)(O)c1cc(C)oc1C.I. The van der Waals surface area contributed by atoms with Crippen LogP contribution in [0.15, 0.2) is 39.9 Å². The normalized spacial score (nSPS) is 13.7. The number of aryl methyl sites for hydroxylation is 2. The van der Waals surface area contributed by atoms with Gasteiger partial charge in [0.2, 0.25) is 0 Å². The lowest BCUT2D eigenvalue weighted by atomic mass is 9.96. The van der Waals surface area contributed by atoms with E-state index in [4.69, 9.17) is 4.42 Å². The average Bonchev–Trinajstić information content (AvgIpc) is 2.90. The number of aromatic nitrogens is 1. The molecule has 0 fully saturated rings. The zero-order chi connectivity index (χ0) is 17.6. The van der Waals surface area contributed by atoms with E-state index in [9.17, 15) is 5.11 Å². The molecule has 138 valence electrons. The van der Waals surface area contributed by atoms with E-state index in [1.807, 2.05) is 45.0 Å². The summed E-state index contributed by atoms with van der Waals surface area (Å²) in [6, 6.07) is 7.62. The maximum atomic E-state index is 10.8. The number of hydrogen-bond acceptors (Lipinski definition) is 4. The third-order valence-corrected chi connectivity index (χ3v) is 3.69. The van der Waals surface area contributed by atoms with Crippen molar-refractivity contribution >= 4 is 29.9 Å². The van der Waals surface area contributed by atoms with Gasteiger partial charge in [-0.2, -0.15) is 0 Å². The lowest BCUT2D eigenvalue weighted by molar-refractivity contribution is 0.0601. The molecular formula is C18H27IN4O2. The Balaban J connectivity index is 0.00000312. The highest BCUT2D eigenvalue weighted by Gasteiger charge is 2.27. The second kappa shape index (κ2) is 9.76. The van der Waals surface area contributed by atoms with E-state index in [1.54, 1.807) is 13.1 Å². The van der Waals surface area contributed by atoms with Gasteiger partial charge in [-0.25, -0.2) is 4.99 Å². The van der Waals surface area contributed by atoms with E-state index in [0.29, 0.717) is 19.0 Å². The molecule has 2 heterocycles. The number of hydrogen-bond donors (Lipinski definition) is 3. The second-order valence-corrected chi connectivity index (χ2v) is 5.97. The second-order valence-electron chi connectivity index (χ2n) is 5.97. The Kier molecular flexibility index (Phi) is 8.37. The first kappa shape index (κ1) is 21.4. The van der Waals surface area contributed by atoms with Crippen molar-refractivity contribution in [2.45, 2.75) is 39.8 Å². The Bertz CT molecular complexity index is 684. The number of nitrogens with zero attached hydrogens (tertiary/aromatic N) is 2. The first-order chi connectivity index (χ1) is 11.4. The van der Waals surface area contributed by atoms with Gasteiger partial charge in [-0.1, -0.05) is 6.07 Å². The standard InChI is InChI=1S/C18H26N4O2.HI/c1-5-19-17(21-11-15-8-6-7-9-20-15)22-12-18(4,23)16-10-13(2)24-14(16)3;/h6-10,23H,5,11-12H2,1-4H3,(H2,19,21,22);1H. The van der Waals surface area contributed by atoms with Gasteiger partial charge in [-0.15, -0.1) is 24.0 Å². The zero-order valence-electron chi connectivity index (χ0n) is 15.2. The summed E-state index contributed by atoms with van der Waals surface area (Å²) in [7, 11) is 0. The molecule has 25 heavy (non-hydrogen) atoms. The van der Waals surface area contributed by atoms with Gasteiger partial charge in [-0.3, -0.25) is 4.98 Å². The van der Waals surface area contributed by atoms with Crippen LogP contribution in [0.5, 0.6) is 0 Å². The van der Waals surface area contributed by atoms with Crippen molar-refractivity contribution in [1.82, 2.24) is 15.6 Å². The molecule has 6 nitrogen and oxygen atoms in total. The summed E-state index contributed by atoms with van der Waals surface area (Å²) in [5, 5.41) is 17.1. The Morgan fingerprint density at radius 1 is 1.32 bits per heavy atom. The Morgan fingerprint density at radius 2 is 2.08 bits per heavy atom. The fraction of sp³-hybridized carbons (Fsp3) is 0.444. The Morgan fingerprint density at radius 3 is 2.64 bits per heavy atom.